The van der Waals surface area contributed by atoms with E-state index >= 15 is 0 Å². The first-order valence-corrected chi connectivity index (χ1v) is 12.3. The van der Waals surface area contributed by atoms with Gasteiger partial charge in [0.05, 0.1) is 0 Å². The second-order valence-electron chi connectivity index (χ2n) is 9.24. The fourth-order valence-electron chi connectivity index (χ4n) is 4.45. The molecule has 11 nitrogen and oxygen atoms in total. The Morgan fingerprint density at radius 2 is 1.81 bits per heavy atom. The number of carbonyl (C=O) groups excluding carboxylic acids is 5. The summed E-state index contributed by atoms with van der Waals surface area (Å²) in [7, 11) is 1.50. The van der Waals surface area contributed by atoms with E-state index in [-0.39, 0.29) is 36.3 Å². The normalized spacial score (nSPS) is 17.4. The highest BCUT2D eigenvalue weighted by Gasteiger charge is 2.40. The Labute approximate surface area is 215 Å². The monoisotopic (exact) mass is 521 g/mol. The summed E-state index contributed by atoms with van der Waals surface area (Å²) in [4.78, 5) is 65.9. The van der Waals surface area contributed by atoms with Gasteiger partial charge in [-0.1, -0.05) is 20.3 Å². The van der Waals surface area contributed by atoms with Crippen LogP contribution in [0.3, 0.4) is 0 Å². The molecule has 4 N–H and O–H groups in total. The van der Waals surface area contributed by atoms with Gasteiger partial charge in [0.2, 0.25) is 17.7 Å². The van der Waals surface area contributed by atoms with Crippen LogP contribution in [-0.4, -0.2) is 82.8 Å². The SMILES string of the molecule is CCC(C)C(C(=O)NC(CCNC(=O)c1ccc(F)cc1)C(=O)NO)N(C)C(=O)[C@@H]1CCCN1C(C)=O. The van der Waals surface area contributed by atoms with Gasteiger partial charge in [-0.3, -0.25) is 29.2 Å². The summed E-state index contributed by atoms with van der Waals surface area (Å²) in [6.07, 6.45) is 1.69. The predicted octanol–water partition coefficient (Wildman–Crippen LogP) is 0.820. The van der Waals surface area contributed by atoms with Gasteiger partial charge in [-0.05, 0) is 49.4 Å². The van der Waals surface area contributed by atoms with Gasteiger partial charge in [0.15, 0.2) is 0 Å². The lowest BCUT2D eigenvalue weighted by Crippen LogP contribution is -2.58. The number of halogens is 1. The third kappa shape index (κ3) is 7.72. The Morgan fingerprint density at radius 3 is 2.38 bits per heavy atom. The Hall–Kier alpha value is -3.54. The molecule has 1 aliphatic heterocycles. The van der Waals surface area contributed by atoms with Crippen molar-refractivity contribution in [3.8, 4) is 0 Å². The van der Waals surface area contributed by atoms with Crippen molar-refractivity contribution in [1.82, 2.24) is 25.9 Å². The van der Waals surface area contributed by atoms with Crippen molar-refractivity contribution < 1.29 is 33.6 Å². The second-order valence-corrected chi connectivity index (χ2v) is 9.24. The number of hydroxylamine groups is 1. The zero-order valence-electron chi connectivity index (χ0n) is 21.6. The molecule has 0 saturated carbocycles. The Bertz CT molecular complexity index is 988. The zero-order chi connectivity index (χ0) is 27.7. The van der Waals surface area contributed by atoms with Crippen LogP contribution in [0.4, 0.5) is 4.39 Å². The van der Waals surface area contributed by atoms with Crippen LogP contribution in [0.1, 0.15) is 56.8 Å². The van der Waals surface area contributed by atoms with Gasteiger partial charge in [0.25, 0.3) is 11.8 Å². The smallest absolute Gasteiger partial charge is 0.265 e. The summed E-state index contributed by atoms with van der Waals surface area (Å²) in [6, 6.07) is 2.11. The molecule has 2 rings (SSSR count). The maximum Gasteiger partial charge on any atom is 0.265 e. The standard InChI is InChI=1S/C25H36FN5O6/c1-5-15(2)21(30(4)25(36)20-7-6-14-31(20)16(3)32)24(35)28-19(23(34)29-37)12-13-27-22(33)17-8-10-18(26)11-9-17/h8-11,15,19-21,37H,5-7,12-14H2,1-4H3,(H,27,33)(H,28,35)(H,29,34)/t15?,19?,20-,21?/m0/s1. The number of carbonyl (C=O) groups is 5. The van der Waals surface area contributed by atoms with Crippen LogP contribution in [0.25, 0.3) is 0 Å². The van der Waals surface area contributed by atoms with E-state index in [9.17, 15) is 33.6 Å². The largest absolute Gasteiger partial charge is 0.352 e. The average molecular weight is 522 g/mol. The third-order valence-corrected chi connectivity index (χ3v) is 6.73. The first-order chi connectivity index (χ1) is 17.5. The summed E-state index contributed by atoms with van der Waals surface area (Å²) in [5.74, 6) is -3.32. The van der Waals surface area contributed by atoms with E-state index in [4.69, 9.17) is 0 Å². The minimum absolute atomic E-state index is 0.0347. The molecular weight excluding hydrogens is 485 g/mol. The summed E-state index contributed by atoms with van der Waals surface area (Å²) < 4.78 is 13.1. The molecule has 5 amide bonds. The molecule has 4 atom stereocenters. The lowest BCUT2D eigenvalue weighted by Gasteiger charge is -2.35. The minimum atomic E-state index is -1.21. The first-order valence-electron chi connectivity index (χ1n) is 12.3. The molecule has 37 heavy (non-hydrogen) atoms. The lowest BCUT2D eigenvalue weighted by atomic mass is 9.95. The summed E-state index contributed by atoms with van der Waals surface area (Å²) >= 11 is 0. The van der Waals surface area contributed by atoms with Crippen LogP contribution in [0.15, 0.2) is 24.3 Å². The fraction of sp³-hybridized carbons (Fsp3) is 0.560. The molecule has 204 valence electrons. The highest BCUT2D eigenvalue weighted by atomic mass is 19.1. The van der Waals surface area contributed by atoms with Crippen LogP contribution in [0.5, 0.6) is 0 Å². The van der Waals surface area contributed by atoms with E-state index in [1.807, 2.05) is 6.92 Å². The van der Waals surface area contributed by atoms with Crippen molar-refractivity contribution in [3.05, 3.63) is 35.6 Å². The van der Waals surface area contributed by atoms with Crippen molar-refractivity contribution in [2.75, 3.05) is 20.1 Å². The molecule has 1 aromatic carbocycles. The van der Waals surface area contributed by atoms with Crippen LogP contribution in [-0.2, 0) is 19.2 Å². The van der Waals surface area contributed by atoms with Crippen LogP contribution in [0, 0.1) is 11.7 Å². The number of benzene rings is 1. The number of nitrogens with one attached hydrogen (secondary N) is 3. The molecule has 1 fully saturated rings. The molecule has 1 heterocycles. The molecule has 1 aliphatic rings. The molecule has 1 aromatic rings. The summed E-state index contributed by atoms with van der Waals surface area (Å²) in [5, 5.41) is 14.3. The number of likely N-dealkylation sites (tertiary alicyclic amines) is 1. The highest BCUT2D eigenvalue weighted by molar-refractivity contribution is 5.95. The molecular formula is C25H36FN5O6. The molecule has 0 spiro atoms. The minimum Gasteiger partial charge on any atom is -0.352 e. The maximum absolute atomic E-state index is 13.3. The van der Waals surface area contributed by atoms with Crippen LogP contribution < -0.4 is 16.1 Å². The number of nitrogens with zero attached hydrogens (tertiary/aromatic N) is 2. The number of hydrogen-bond donors (Lipinski definition) is 4. The van der Waals surface area contributed by atoms with Gasteiger partial charge in [-0.15, -0.1) is 0 Å². The summed E-state index contributed by atoms with van der Waals surface area (Å²) in [6.45, 7) is 5.51. The number of hydrogen-bond acceptors (Lipinski definition) is 6. The molecule has 1 saturated heterocycles. The van der Waals surface area contributed by atoms with Crippen molar-refractivity contribution in [2.24, 2.45) is 5.92 Å². The van der Waals surface area contributed by atoms with E-state index in [1.54, 1.807) is 6.92 Å². The quantitative estimate of drug-likeness (QED) is 0.250. The number of rotatable bonds is 11. The Balaban J connectivity index is 2.10. The van der Waals surface area contributed by atoms with Crippen molar-refractivity contribution in [3.63, 3.8) is 0 Å². The van der Waals surface area contributed by atoms with Gasteiger partial charge in [-0.2, -0.15) is 0 Å². The van der Waals surface area contributed by atoms with Gasteiger partial charge < -0.3 is 20.4 Å². The van der Waals surface area contributed by atoms with Gasteiger partial charge >= 0.3 is 0 Å². The Kier molecular flexibility index (Phi) is 11.0. The topological polar surface area (TPSA) is 148 Å². The maximum atomic E-state index is 13.3. The van der Waals surface area contributed by atoms with Gasteiger partial charge in [-0.25, -0.2) is 9.87 Å². The fourth-order valence-corrected chi connectivity index (χ4v) is 4.45. The van der Waals surface area contributed by atoms with Gasteiger partial charge in [0, 0.05) is 32.6 Å². The van der Waals surface area contributed by atoms with E-state index < -0.39 is 41.7 Å². The van der Waals surface area contributed by atoms with Crippen LogP contribution >= 0.6 is 0 Å². The number of likely N-dealkylation sites (N-methyl/N-ethyl adjacent to an activating group) is 1. The Morgan fingerprint density at radius 1 is 1.16 bits per heavy atom. The van der Waals surface area contributed by atoms with E-state index in [2.05, 4.69) is 10.6 Å². The lowest BCUT2D eigenvalue weighted by molar-refractivity contribution is -0.148. The van der Waals surface area contributed by atoms with Crippen molar-refractivity contribution >= 4 is 29.5 Å². The molecule has 0 aliphatic carbocycles. The predicted molar refractivity (Wildman–Crippen MR) is 132 cm³/mol. The third-order valence-electron chi connectivity index (χ3n) is 6.73. The number of amides is 5. The second kappa shape index (κ2) is 13.7. The molecule has 0 bridgehead atoms. The van der Waals surface area contributed by atoms with Crippen molar-refractivity contribution in [1.29, 1.82) is 0 Å². The van der Waals surface area contributed by atoms with Crippen molar-refractivity contribution in [2.45, 2.75) is 64.6 Å². The van der Waals surface area contributed by atoms with Gasteiger partial charge in [0.1, 0.15) is 23.9 Å². The van der Waals surface area contributed by atoms with Crippen LogP contribution in [0.2, 0.25) is 0 Å². The molecule has 3 unspecified atom stereocenters. The van der Waals surface area contributed by atoms with E-state index in [1.165, 1.54) is 41.4 Å². The molecule has 0 radical (unpaired) electrons. The first kappa shape index (κ1) is 29.7. The summed E-state index contributed by atoms with van der Waals surface area (Å²) in [5.41, 5.74) is 1.73. The highest BCUT2D eigenvalue weighted by Crippen LogP contribution is 2.22. The molecule has 0 aromatic heterocycles. The zero-order valence-corrected chi connectivity index (χ0v) is 21.6. The molecule has 12 heteroatoms. The average Bonchev–Trinajstić information content (AvgIpc) is 3.37. The van der Waals surface area contributed by atoms with E-state index in [0.29, 0.717) is 25.8 Å². The van der Waals surface area contributed by atoms with E-state index in [0.717, 1.165) is 12.1 Å².